The molecule has 0 aliphatic carbocycles. The van der Waals surface area contributed by atoms with E-state index in [1.807, 2.05) is 0 Å². The molecule has 0 N–H and O–H groups in total. The number of nitrogens with zero attached hydrogens (tertiary/aromatic N) is 6. The molecule has 3 aromatic heterocycles. The van der Waals surface area contributed by atoms with Crippen LogP contribution in [0.2, 0.25) is 0 Å². The minimum atomic E-state index is -1.22. The molecule has 0 aromatic carbocycles. The molecule has 0 spiro atoms. The fourth-order valence-corrected chi connectivity index (χ4v) is 6.63. The third kappa shape index (κ3) is 8.69. The average Bonchev–Trinajstić information content (AvgIpc) is 3.51. The highest BCUT2D eigenvalue weighted by Crippen LogP contribution is 2.38. The summed E-state index contributed by atoms with van der Waals surface area (Å²) in [6.45, 7) is 26.9. The number of hydrogen-bond acceptors (Lipinski definition) is 3. The molecule has 0 aliphatic rings. The van der Waals surface area contributed by atoms with Crippen molar-refractivity contribution in [1.29, 1.82) is 0 Å². The van der Waals surface area contributed by atoms with Gasteiger partial charge in [0.1, 0.15) is 0 Å². The molecule has 0 bridgehead atoms. The molecular formula is C35H58Cl2N6. The van der Waals surface area contributed by atoms with E-state index in [0.717, 1.165) is 72.7 Å². The van der Waals surface area contributed by atoms with Gasteiger partial charge in [-0.1, -0.05) is 106 Å². The van der Waals surface area contributed by atoms with Crippen LogP contribution in [-0.4, -0.2) is 34.2 Å². The lowest BCUT2D eigenvalue weighted by Gasteiger charge is -2.39. The van der Waals surface area contributed by atoms with E-state index in [4.69, 9.17) is 38.5 Å². The molecule has 3 aromatic rings. The summed E-state index contributed by atoms with van der Waals surface area (Å²) in [5.41, 5.74) is 6.44. The lowest BCUT2D eigenvalue weighted by atomic mass is 10.0. The van der Waals surface area contributed by atoms with E-state index >= 15 is 0 Å². The van der Waals surface area contributed by atoms with Gasteiger partial charge >= 0.3 is 0 Å². The van der Waals surface area contributed by atoms with Crippen LogP contribution in [0.3, 0.4) is 0 Å². The van der Waals surface area contributed by atoms with E-state index in [2.05, 4.69) is 115 Å². The number of aromatic nitrogens is 6. The molecule has 3 heterocycles. The lowest BCUT2D eigenvalue weighted by Crippen LogP contribution is -2.57. The standard InChI is InChI=1S/C35H58Cl2N6/c1-22(2)13-28-19-31(16-25(7)8)41(38-28)35(34(36)37,42-32(17-26(9)10)20-29(39-42)14-23(3)4)43-33(18-27(11)12)21-30(40-43)15-24(5)6/h19-27,34H,13-18H2,1-12H3. The van der Waals surface area contributed by atoms with Crippen molar-refractivity contribution < 1.29 is 0 Å². The minimum absolute atomic E-state index is 0.415. The topological polar surface area (TPSA) is 53.5 Å². The molecule has 242 valence electrons. The molecule has 0 radical (unpaired) electrons. The van der Waals surface area contributed by atoms with Crippen LogP contribution in [0, 0.1) is 35.5 Å². The number of halogens is 2. The summed E-state index contributed by atoms with van der Waals surface area (Å²) in [5, 5.41) is 16.1. The van der Waals surface area contributed by atoms with Crippen LogP contribution in [0.4, 0.5) is 0 Å². The summed E-state index contributed by atoms with van der Waals surface area (Å²) >= 11 is 14.7. The predicted octanol–water partition coefficient (Wildman–Crippen LogP) is 8.98. The maximum atomic E-state index is 7.36. The quantitative estimate of drug-likeness (QED) is 0.148. The van der Waals surface area contributed by atoms with Crippen molar-refractivity contribution in [1.82, 2.24) is 29.3 Å². The second-order valence-corrected chi connectivity index (χ2v) is 16.3. The number of alkyl halides is 2. The smallest absolute Gasteiger partial charge is 0.219 e. The van der Waals surface area contributed by atoms with Gasteiger partial charge in [-0.05, 0) is 92.2 Å². The minimum Gasteiger partial charge on any atom is -0.219 e. The van der Waals surface area contributed by atoms with Crippen molar-refractivity contribution in [3.8, 4) is 0 Å². The van der Waals surface area contributed by atoms with Crippen molar-refractivity contribution in [2.24, 2.45) is 35.5 Å². The molecule has 6 nitrogen and oxygen atoms in total. The third-order valence-electron chi connectivity index (χ3n) is 7.43. The van der Waals surface area contributed by atoms with Gasteiger partial charge in [0.05, 0.1) is 17.1 Å². The summed E-state index contributed by atoms with van der Waals surface area (Å²) in [4.78, 5) is -0.930. The normalized spacial score (nSPS) is 13.0. The average molecular weight is 634 g/mol. The van der Waals surface area contributed by atoms with Crippen LogP contribution in [0.15, 0.2) is 18.2 Å². The van der Waals surface area contributed by atoms with E-state index in [9.17, 15) is 0 Å². The number of rotatable bonds is 16. The van der Waals surface area contributed by atoms with Crippen molar-refractivity contribution in [2.45, 2.75) is 132 Å². The van der Waals surface area contributed by atoms with Gasteiger partial charge in [-0.2, -0.15) is 15.3 Å². The van der Waals surface area contributed by atoms with E-state index in [1.54, 1.807) is 0 Å². The van der Waals surface area contributed by atoms with Gasteiger partial charge in [-0.3, -0.25) is 0 Å². The largest absolute Gasteiger partial charge is 0.280 e. The first kappa shape index (κ1) is 35.7. The molecule has 43 heavy (non-hydrogen) atoms. The number of hydrogen-bond donors (Lipinski definition) is 0. The molecule has 3 rings (SSSR count). The van der Waals surface area contributed by atoms with Crippen molar-refractivity contribution in [3.63, 3.8) is 0 Å². The fraction of sp³-hybridized carbons (Fsp3) is 0.743. The van der Waals surface area contributed by atoms with Crippen molar-refractivity contribution >= 4 is 23.2 Å². The van der Waals surface area contributed by atoms with Gasteiger partial charge < -0.3 is 0 Å². The zero-order valence-electron chi connectivity index (χ0n) is 29.0. The van der Waals surface area contributed by atoms with Crippen molar-refractivity contribution in [3.05, 3.63) is 52.4 Å². The zero-order valence-corrected chi connectivity index (χ0v) is 30.5. The van der Waals surface area contributed by atoms with Gasteiger partial charge in [-0.25, -0.2) is 14.0 Å². The summed E-state index contributed by atoms with van der Waals surface area (Å²) in [6.07, 6.45) is 5.13. The Labute approximate surface area is 271 Å². The lowest BCUT2D eigenvalue weighted by molar-refractivity contribution is 0.115. The van der Waals surface area contributed by atoms with Gasteiger partial charge in [0.15, 0.2) is 4.84 Å². The Morgan fingerprint density at radius 2 is 0.698 bits per heavy atom. The first-order valence-corrected chi connectivity index (χ1v) is 17.4. The van der Waals surface area contributed by atoms with Crippen LogP contribution in [-0.2, 0) is 44.3 Å². The Hall–Kier alpha value is -1.79. The SMILES string of the molecule is CC(C)Cc1cc(CC(C)C)n(C(C(Cl)Cl)(n2nc(CC(C)C)cc2CC(C)C)n2nc(CC(C)C)cc2CC(C)C)n1. The Kier molecular flexibility index (Phi) is 12.4. The maximum absolute atomic E-state index is 7.36. The second kappa shape index (κ2) is 15.0. The Bertz CT molecular complexity index is 1140. The molecule has 0 amide bonds. The van der Waals surface area contributed by atoms with Crippen LogP contribution < -0.4 is 0 Å². The summed E-state index contributed by atoms with van der Waals surface area (Å²) in [5.74, 6) is 1.41. The first-order valence-electron chi connectivity index (χ1n) is 16.6. The van der Waals surface area contributed by atoms with Gasteiger partial charge in [0, 0.05) is 17.1 Å². The monoisotopic (exact) mass is 632 g/mol. The Morgan fingerprint density at radius 3 is 0.884 bits per heavy atom. The molecule has 0 aliphatic heterocycles. The molecular weight excluding hydrogens is 575 g/mol. The molecule has 0 saturated heterocycles. The van der Waals surface area contributed by atoms with Gasteiger partial charge in [0.2, 0.25) is 0 Å². The van der Waals surface area contributed by atoms with E-state index in [0.29, 0.717) is 35.5 Å². The van der Waals surface area contributed by atoms with E-state index in [-0.39, 0.29) is 0 Å². The van der Waals surface area contributed by atoms with Crippen molar-refractivity contribution in [2.75, 3.05) is 0 Å². The molecule has 0 atom stereocenters. The molecule has 0 saturated carbocycles. The summed E-state index contributed by atoms with van der Waals surface area (Å²) in [6, 6.07) is 6.77. The van der Waals surface area contributed by atoms with Gasteiger partial charge in [-0.15, -0.1) is 0 Å². The van der Waals surface area contributed by atoms with Crippen LogP contribution in [0.25, 0.3) is 0 Å². The van der Waals surface area contributed by atoms with Crippen LogP contribution in [0.5, 0.6) is 0 Å². The highest BCUT2D eigenvalue weighted by Gasteiger charge is 2.50. The Morgan fingerprint density at radius 1 is 0.465 bits per heavy atom. The second-order valence-electron chi connectivity index (χ2n) is 15.2. The summed E-state index contributed by atoms with van der Waals surface area (Å²) in [7, 11) is 0. The molecule has 0 fully saturated rings. The van der Waals surface area contributed by atoms with E-state index in [1.165, 1.54) is 0 Å². The van der Waals surface area contributed by atoms with E-state index < -0.39 is 10.6 Å². The highest BCUT2D eigenvalue weighted by atomic mass is 35.5. The summed E-state index contributed by atoms with van der Waals surface area (Å²) < 4.78 is 6.30. The maximum Gasteiger partial charge on any atom is 0.280 e. The fourth-order valence-electron chi connectivity index (χ4n) is 6.07. The van der Waals surface area contributed by atoms with Gasteiger partial charge in [0.25, 0.3) is 5.79 Å². The third-order valence-corrected chi connectivity index (χ3v) is 8.02. The first-order chi connectivity index (χ1) is 20.0. The predicted molar refractivity (Wildman–Crippen MR) is 182 cm³/mol. The zero-order chi connectivity index (χ0) is 32.2. The molecule has 0 unspecified atom stereocenters. The molecule has 8 heteroatoms. The highest BCUT2D eigenvalue weighted by molar-refractivity contribution is 6.45. The Balaban J connectivity index is 2.55. The van der Waals surface area contributed by atoms with Crippen LogP contribution >= 0.6 is 23.2 Å². The van der Waals surface area contributed by atoms with Crippen LogP contribution in [0.1, 0.15) is 117 Å².